The van der Waals surface area contributed by atoms with E-state index in [0.29, 0.717) is 13.2 Å². The molecule has 1 amide bonds. The highest BCUT2D eigenvalue weighted by Gasteiger charge is 1.95. The third-order valence-electron chi connectivity index (χ3n) is 1.00. The van der Waals surface area contributed by atoms with Crippen LogP contribution in [0, 0.1) is 0 Å². The number of carbonyl (C=O) groups excluding carboxylic acids is 1. The Morgan fingerprint density at radius 1 is 1.60 bits per heavy atom. The molecule has 0 aliphatic heterocycles. The van der Waals surface area contributed by atoms with Crippen molar-refractivity contribution in [2.24, 2.45) is 5.73 Å². The summed E-state index contributed by atoms with van der Waals surface area (Å²) in [5, 5.41) is 5.43. The van der Waals surface area contributed by atoms with Crippen molar-refractivity contribution in [1.82, 2.24) is 10.6 Å². The molecule has 0 spiro atoms. The molecule has 60 valence electrons. The SMILES string of the molecule is CCCNC(=O)CNCN. The summed E-state index contributed by atoms with van der Waals surface area (Å²) in [4.78, 5) is 10.7. The molecule has 0 unspecified atom stereocenters. The maximum absolute atomic E-state index is 10.7. The van der Waals surface area contributed by atoms with E-state index in [1.165, 1.54) is 0 Å². The molecule has 0 atom stereocenters. The lowest BCUT2D eigenvalue weighted by atomic mass is 10.4. The van der Waals surface area contributed by atoms with Crippen LogP contribution in [0.3, 0.4) is 0 Å². The van der Waals surface area contributed by atoms with E-state index in [1.54, 1.807) is 0 Å². The summed E-state index contributed by atoms with van der Waals surface area (Å²) >= 11 is 0. The molecule has 0 bridgehead atoms. The lowest BCUT2D eigenvalue weighted by Crippen LogP contribution is -2.36. The predicted octanol–water partition coefficient (Wildman–Crippen LogP) is -0.982. The van der Waals surface area contributed by atoms with E-state index in [0.717, 1.165) is 13.0 Å². The zero-order valence-corrected chi connectivity index (χ0v) is 6.31. The Kier molecular flexibility index (Phi) is 6.11. The van der Waals surface area contributed by atoms with E-state index in [4.69, 9.17) is 5.73 Å². The number of hydrogen-bond donors (Lipinski definition) is 3. The van der Waals surface area contributed by atoms with Crippen LogP contribution in [-0.2, 0) is 4.79 Å². The van der Waals surface area contributed by atoms with Gasteiger partial charge in [0.05, 0.1) is 6.54 Å². The van der Waals surface area contributed by atoms with Gasteiger partial charge >= 0.3 is 0 Å². The van der Waals surface area contributed by atoms with Crippen molar-refractivity contribution in [1.29, 1.82) is 0 Å². The van der Waals surface area contributed by atoms with Crippen LogP contribution in [0.4, 0.5) is 0 Å². The standard InChI is InChI=1S/C6H15N3O/c1-2-3-9-6(10)4-8-5-7/h8H,2-5,7H2,1H3,(H,9,10). The van der Waals surface area contributed by atoms with Gasteiger partial charge in [-0.25, -0.2) is 0 Å². The van der Waals surface area contributed by atoms with Gasteiger partial charge in [0.25, 0.3) is 0 Å². The topological polar surface area (TPSA) is 67.2 Å². The third kappa shape index (κ3) is 5.53. The maximum atomic E-state index is 10.7. The van der Waals surface area contributed by atoms with Crippen LogP contribution in [0.2, 0.25) is 0 Å². The summed E-state index contributed by atoms with van der Waals surface area (Å²) < 4.78 is 0. The van der Waals surface area contributed by atoms with Crippen LogP contribution >= 0.6 is 0 Å². The maximum Gasteiger partial charge on any atom is 0.233 e. The first-order valence-corrected chi connectivity index (χ1v) is 3.48. The van der Waals surface area contributed by atoms with Gasteiger partial charge in [-0.05, 0) is 6.42 Å². The molecule has 10 heavy (non-hydrogen) atoms. The highest BCUT2D eigenvalue weighted by atomic mass is 16.1. The molecular weight excluding hydrogens is 130 g/mol. The van der Waals surface area contributed by atoms with E-state index in [9.17, 15) is 4.79 Å². The molecule has 0 aromatic heterocycles. The normalized spacial score (nSPS) is 9.40. The molecule has 0 aromatic carbocycles. The zero-order valence-electron chi connectivity index (χ0n) is 6.31. The van der Waals surface area contributed by atoms with Crippen molar-refractivity contribution >= 4 is 5.91 Å². The number of carbonyl (C=O) groups is 1. The van der Waals surface area contributed by atoms with Gasteiger partial charge in [0.15, 0.2) is 0 Å². The average Bonchev–Trinajstić information content (AvgIpc) is 1.97. The fourth-order valence-electron chi connectivity index (χ4n) is 0.513. The Morgan fingerprint density at radius 3 is 2.80 bits per heavy atom. The van der Waals surface area contributed by atoms with Gasteiger partial charge < -0.3 is 11.1 Å². The molecule has 0 saturated carbocycles. The van der Waals surface area contributed by atoms with Crippen molar-refractivity contribution in [2.75, 3.05) is 19.8 Å². The molecule has 0 aliphatic carbocycles. The van der Waals surface area contributed by atoms with Crippen LogP contribution < -0.4 is 16.4 Å². The smallest absolute Gasteiger partial charge is 0.233 e. The molecule has 0 heterocycles. The van der Waals surface area contributed by atoms with E-state index < -0.39 is 0 Å². The second-order valence-electron chi connectivity index (χ2n) is 1.98. The van der Waals surface area contributed by atoms with E-state index in [-0.39, 0.29) is 5.91 Å². The molecule has 0 rings (SSSR count). The first kappa shape index (κ1) is 9.39. The number of nitrogens with one attached hydrogen (secondary N) is 2. The molecule has 0 radical (unpaired) electrons. The minimum Gasteiger partial charge on any atom is -0.355 e. The van der Waals surface area contributed by atoms with Gasteiger partial charge in [-0.3, -0.25) is 10.1 Å². The first-order valence-electron chi connectivity index (χ1n) is 3.48. The Bertz CT molecular complexity index is 85.0. The van der Waals surface area contributed by atoms with Gasteiger partial charge in [-0.15, -0.1) is 0 Å². The van der Waals surface area contributed by atoms with Gasteiger partial charge in [0.1, 0.15) is 0 Å². The fourth-order valence-corrected chi connectivity index (χ4v) is 0.513. The number of nitrogens with two attached hydrogens (primary N) is 1. The van der Waals surface area contributed by atoms with Crippen molar-refractivity contribution in [3.63, 3.8) is 0 Å². The second kappa shape index (κ2) is 6.51. The van der Waals surface area contributed by atoms with E-state index in [1.807, 2.05) is 6.92 Å². The predicted molar refractivity (Wildman–Crippen MR) is 40.4 cm³/mol. The first-order chi connectivity index (χ1) is 4.81. The Hall–Kier alpha value is -0.610. The van der Waals surface area contributed by atoms with Gasteiger partial charge in [-0.2, -0.15) is 0 Å². The van der Waals surface area contributed by atoms with E-state index in [2.05, 4.69) is 10.6 Å². The van der Waals surface area contributed by atoms with Gasteiger partial charge in [0.2, 0.25) is 5.91 Å². The highest BCUT2D eigenvalue weighted by molar-refractivity contribution is 5.77. The van der Waals surface area contributed by atoms with Crippen molar-refractivity contribution in [3.05, 3.63) is 0 Å². The molecule has 0 aliphatic rings. The van der Waals surface area contributed by atoms with Gasteiger partial charge in [0, 0.05) is 13.2 Å². The van der Waals surface area contributed by atoms with Crippen LogP contribution in [0.1, 0.15) is 13.3 Å². The molecule has 0 fully saturated rings. The minimum absolute atomic E-state index is 0.00676. The summed E-state index contributed by atoms with van der Waals surface area (Å²) in [6.07, 6.45) is 0.967. The summed E-state index contributed by atoms with van der Waals surface area (Å²) in [7, 11) is 0. The van der Waals surface area contributed by atoms with Crippen molar-refractivity contribution in [2.45, 2.75) is 13.3 Å². The molecule has 4 nitrogen and oxygen atoms in total. The Labute approximate surface area is 61.2 Å². The van der Waals surface area contributed by atoms with Crippen LogP contribution in [-0.4, -0.2) is 25.7 Å². The van der Waals surface area contributed by atoms with Gasteiger partial charge in [-0.1, -0.05) is 6.92 Å². The lowest BCUT2D eigenvalue weighted by molar-refractivity contribution is -0.120. The average molecular weight is 145 g/mol. The number of amides is 1. The molecule has 4 heteroatoms. The molecular formula is C6H15N3O. The monoisotopic (exact) mass is 145 g/mol. The summed E-state index contributed by atoms with van der Waals surface area (Å²) in [5.74, 6) is 0.00676. The van der Waals surface area contributed by atoms with Crippen LogP contribution in [0.25, 0.3) is 0 Å². The molecule has 0 saturated heterocycles. The molecule has 4 N–H and O–H groups in total. The second-order valence-corrected chi connectivity index (χ2v) is 1.98. The van der Waals surface area contributed by atoms with Crippen molar-refractivity contribution in [3.8, 4) is 0 Å². The lowest BCUT2D eigenvalue weighted by Gasteiger charge is -2.02. The quantitative estimate of drug-likeness (QED) is 0.435. The Balaban J connectivity index is 3.09. The minimum atomic E-state index is 0.00676. The molecule has 0 aromatic rings. The summed E-state index contributed by atoms with van der Waals surface area (Å²) in [5.41, 5.74) is 5.11. The van der Waals surface area contributed by atoms with Crippen LogP contribution in [0.5, 0.6) is 0 Å². The summed E-state index contributed by atoms with van der Waals surface area (Å²) in [6.45, 7) is 3.41. The number of rotatable bonds is 5. The zero-order chi connectivity index (χ0) is 7.82. The number of hydrogen-bond acceptors (Lipinski definition) is 3. The highest BCUT2D eigenvalue weighted by Crippen LogP contribution is 1.69. The third-order valence-corrected chi connectivity index (χ3v) is 1.00. The van der Waals surface area contributed by atoms with E-state index >= 15 is 0 Å². The fraction of sp³-hybridized carbons (Fsp3) is 0.833. The Morgan fingerprint density at radius 2 is 2.30 bits per heavy atom. The van der Waals surface area contributed by atoms with Crippen LogP contribution in [0.15, 0.2) is 0 Å². The van der Waals surface area contributed by atoms with Crippen molar-refractivity contribution < 1.29 is 4.79 Å². The summed E-state index contributed by atoms with van der Waals surface area (Å²) in [6, 6.07) is 0. The largest absolute Gasteiger partial charge is 0.355 e.